The van der Waals surface area contributed by atoms with Crippen molar-refractivity contribution in [1.29, 1.82) is 0 Å². The molecular weight excluding hydrogens is 488 g/mol. The highest BCUT2D eigenvalue weighted by atomic mass is 35.5. The summed E-state index contributed by atoms with van der Waals surface area (Å²) < 4.78 is 2.08. The highest BCUT2D eigenvalue weighted by Crippen LogP contribution is 2.35. The maximum absolute atomic E-state index is 13.6. The molecule has 1 aliphatic rings. The summed E-state index contributed by atoms with van der Waals surface area (Å²) in [5.41, 5.74) is 9.04. The quantitative estimate of drug-likeness (QED) is 0.251. The lowest BCUT2D eigenvalue weighted by atomic mass is 10.0. The van der Waals surface area contributed by atoms with Gasteiger partial charge in [-0.2, -0.15) is 0 Å². The summed E-state index contributed by atoms with van der Waals surface area (Å²) in [6.45, 7) is 0.122. The number of nitrogens with one attached hydrogen (secondary N) is 2. The first kappa shape index (κ1) is 24.3. The van der Waals surface area contributed by atoms with E-state index in [0.29, 0.717) is 50.3 Å². The lowest BCUT2D eigenvalue weighted by Gasteiger charge is -2.12. The predicted molar refractivity (Wildman–Crippen MR) is 145 cm³/mol. The van der Waals surface area contributed by atoms with Crippen molar-refractivity contribution in [3.05, 3.63) is 82.8 Å². The minimum Gasteiger partial charge on any atom is -0.383 e. The molecule has 0 bridgehead atoms. The maximum atomic E-state index is 13.6. The molecule has 2 aromatic heterocycles. The summed E-state index contributed by atoms with van der Waals surface area (Å²) in [4.78, 5) is 34.2. The van der Waals surface area contributed by atoms with Crippen molar-refractivity contribution in [3.63, 3.8) is 0 Å². The first-order valence-electron chi connectivity index (χ1n) is 12.1. The Morgan fingerprint density at radius 1 is 1.11 bits per heavy atom. The molecule has 5 rings (SSSR count). The molecular formula is C28H25ClN6O2. The van der Waals surface area contributed by atoms with Crippen molar-refractivity contribution in [1.82, 2.24) is 19.9 Å². The molecule has 0 aliphatic heterocycles. The lowest BCUT2D eigenvalue weighted by Crippen LogP contribution is -2.29. The number of aromatic nitrogens is 3. The summed E-state index contributed by atoms with van der Waals surface area (Å²) in [5.74, 6) is 6.03. The number of para-hydroxylation sites is 1. The maximum Gasteiger partial charge on any atom is 0.320 e. The van der Waals surface area contributed by atoms with Gasteiger partial charge in [0.15, 0.2) is 5.78 Å². The fraction of sp³-hybridized carbons (Fsp3) is 0.214. The molecule has 2 heterocycles. The SMILES string of the molecule is Nc1ncnc2c1c(C(=O)c1cccc(C#CCNC(=O)Nc3ccccc3Cl)c1)cn2C1CCCC1. The zero-order valence-corrected chi connectivity index (χ0v) is 20.8. The normalized spacial score (nSPS) is 13.2. The monoisotopic (exact) mass is 512 g/mol. The summed E-state index contributed by atoms with van der Waals surface area (Å²) in [5, 5.41) is 6.38. The number of nitrogen functional groups attached to an aromatic ring is 1. The van der Waals surface area contributed by atoms with Crippen LogP contribution in [0.15, 0.2) is 61.1 Å². The van der Waals surface area contributed by atoms with E-state index in [-0.39, 0.29) is 12.3 Å². The fourth-order valence-electron chi connectivity index (χ4n) is 4.63. The third kappa shape index (κ3) is 5.27. The second-order valence-corrected chi connectivity index (χ2v) is 9.25. The van der Waals surface area contributed by atoms with E-state index in [0.717, 1.165) is 25.7 Å². The number of anilines is 2. The topological polar surface area (TPSA) is 115 Å². The molecule has 2 aromatic carbocycles. The standard InChI is InChI=1S/C28H25ClN6O2/c29-22-12-3-4-13-23(22)34-28(37)31-14-6-8-18-7-5-9-19(15-18)25(36)21-16-35(20-10-1-2-11-20)27-24(21)26(30)32-17-33-27/h3-5,7,9,12-13,15-17,20H,1-2,10-11,14H2,(H2,30,32,33)(H2,31,34,37). The van der Waals surface area contributed by atoms with E-state index in [1.807, 2.05) is 12.3 Å². The average molecular weight is 513 g/mol. The van der Waals surface area contributed by atoms with Gasteiger partial charge in [0.25, 0.3) is 0 Å². The Morgan fingerprint density at radius 2 is 1.92 bits per heavy atom. The average Bonchev–Trinajstić information content (AvgIpc) is 3.57. The smallest absolute Gasteiger partial charge is 0.320 e. The molecule has 8 nitrogen and oxygen atoms in total. The Balaban J connectivity index is 1.32. The van der Waals surface area contributed by atoms with Crippen molar-refractivity contribution in [3.8, 4) is 11.8 Å². The van der Waals surface area contributed by atoms with Gasteiger partial charge in [-0.3, -0.25) is 4.79 Å². The Hall–Kier alpha value is -4.35. The van der Waals surface area contributed by atoms with Gasteiger partial charge < -0.3 is 20.9 Å². The van der Waals surface area contributed by atoms with Crippen molar-refractivity contribution in [2.75, 3.05) is 17.6 Å². The molecule has 0 atom stereocenters. The molecule has 186 valence electrons. The Morgan fingerprint density at radius 3 is 2.73 bits per heavy atom. The molecule has 4 aromatic rings. The van der Waals surface area contributed by atoms with Gasteiger partial charge >= 0.3 is 6.03 Å². The molecule has 0 radical (unpaired) electrons. The van der Waals surface area contributed by atoms with Gasteiger partial charge in [0, 0.05) is 23.4 Å². The zero-order valence-electron chi connectivity index (χ0n) is 20.0. The number of nitrogens with zero attached hydrogens (tertiary/aromatic N) is 3. The van der Waals surface area contributed by atoms with Gasteiger partial charge in [-0.1, -0.05) is 60.5 Å². The number of halogens is 1. The summed E-state index contributed by atoms with van der Waals surface area (Å²) in [6, 6.07) is 13.9. The van der Waals surface area contributed by atoms with E-state index < -0.39 is 6.03 Å². The largest absolute Gasteiger partial charge is 0.383 e. The summed E-state index contributed by atoms with van der Waals surface area (Å²) in [7, 11) is 0. The van der Waals surface area contributed by atoms with E-state index in [1.54, 1.807) is 42.5 Å². The third-order valence-electron chi connectivity index (χ3n) is 6.42. The number of nitrogens with two attached hydrogens (primary N) is 1. The number of benzene rings is 2. The zero-order chi connectivity index (χ0) is 25.8. The number of rotatable bonds is 5. The van der Waals surface area contributed by atoms with Crippen LogP contribution >= 0.6 is 11.6 Å². The molecule has 9 heteroatoms. The molecule has 37 heavy (non-hydrogen) atoms. The second kappa shape index (κ2) is 10.7. The van der Waals surface area contributed by atoms with Crippen LogP contribution in [0.2, 0.25) is 5.02 Å². The number of hydrogen-bond donors (Lipinski definition) is 3. The molecule has 1 fully saturated rings. The van der Waals surface area contributed by atoms with Gasteiger partial charge in [-0.05, 0) is 37.1 Å². The van der Waals surface area contributed by atoms with Crippen LogP contribution in [0.3, 0.4) is 0 Å². The van der Waals surface area contributed by atoms with Gasteiger partial charge in [-0.15, -0.1) is 0 Å². The second-order valence-electron chi connectivity index (χ2n) is 8.85. The van der Waals surface area contributed by atoms with Gasteiger partial charge in [0.1, 0.15) is 17.8 Å². The van der Waals surface area contributed by atoms with Crippen LogP contribution in [-0.4, -0.2) is 32.9 Å². The van der Waals surface area contributed by atoms with Gasteiger partial charge in [-0.25, -0.2) is 14.8 Å². The fourth-order valence-corrected chi connectivity index (χ4v) is 4.82. The van der Waals surface area contributed by atoms with Crippen LogP contribution in [0, 0.1) is 11.8 Å². The molecule has 2 amide bonds. The number of carbonyl (C=O) groups is 2. The van der Waals surface area contributed by atoms with Crippen molar-refractivity contribution in [2.24, 2.45) is 0 Å². The third-order valence-corrected chi connectivity index (χ3v) is 6.75. The number of urea groups is 1. The first-order valence-corrected chi connectivity index (χ1v) is 12.4. The molecule has 4 N–H and O–H groups in total. The van der Waals surface area contributed by atoms with E-state index in [1.165, 1.54) is 6.33 Å². The minimum absolute atomic E-state index is 0.122. The summed E-state index contributed by atoms with van der Waals surface area (Å²) in [6.07, 6.45) is 7.73. The highest BCUT2D eigenvalue weighted by Gasteiger charge is 2.25. The van der Waals surface area contributed by atoms with E-state index >= 15 is 0 Å². The number of hydrogen-bond acceptors (Lipinski definition) is 5. The Bertz CT molecular complexity index is 1550. The predicted octanol–water partition coefficient (Wildman–Crippen LogP) is 5.19. The summed E-state index contributed by atoms with van der Waals surface area (Å²) >= 11 is 6.06. The van der Waals surface area contributed by atoms with Crippen LogP contribution in [0.5, 0.6) is 0 Å². The van der Waals surface area contributed by atoms with Gasteiger partial charge in [0.05, 0.1) is 28.2 Å². The first-order chi connectivity index (χ1) is 18.0. The van der Waals surface area contributed by atoms with Gasteiger partial charge in [0.2, 0.25) is 0 Å². The van der Waals surface area contributed by atoms with Crippen LogP contribution in [-0.2, 0) is 0 Å². The Kier molecular flexibility index (Phi) is 7.06. The van der Waals surface area contributed by atoms with Crippen LogP contribution in [0.1, 0.15) is 53.2 Å². The van der Waals surface area contributed by atoms with Crippen LogP contribution in [0.25, 0.3) is 11.0 Å². The van der Waals surface area contributed by atoms with E-state index in [4.69, 9.17) is 17.3 Å². The van der Waals surface area contributed by atoms with E-state index in [2.05, 4.69) is 37.0 Å². The lowest BCUT2D eigenvalue weighted by molar-refractivity contribution is 0.104. The number of carbonyl (C=O) groups excluding carboxylic acids is 2. The molecule has 0 saturated heterocycles. The number of ketones is 1. The van der Waals surface area contributed by atoms with Crippen molar-refractivity contribution >= 4 is 46.0 Å². The van der Waals surface area contributed by atoms with Crippen molar-refractivity contribution in [2.45, 2.75) is 31.7 Å². The van der Waals surface area contributed by atoms with Crippen LogP contribution < -0.4 is 16.4 Å². The molecule has 0 unspecified atom stereocenters. The molecule has 1 aliphatic carbocycles. The molecule has 0 spiro atoms. The minimum atomic E-state index is -0.412. The number of amides is 2. The highest BCUT2D eigenvalue weighted by molar-refractivity contribution is 6.33. The van der Waals surface area contributed by atoms with Crippen molar-refractivity contribution < 1.29 is 9.59 Å². The van der Waals surface area contributed by atoms with E-state index in [9.17, 15) is 9.59 Å². The Labute approximate surface area is 219 Å². The van der Waals surface area contributed by atoms with Crippen LogP contribution in [0.4, 0.5) is 16.3 Å². The molecule has 1 saturated carbocycles. The number of fused-ring (bicyclic) bond motifs is 1.